The third-order valence-corrected chi connectivity index (χ3v) is 4.21. The summed E-state index contributed by atoms with van der Waals surface area (Å²) < 4.78 is 18.7. The minimum Gasteiger partial charge on any atom is -0.388 e. The Labute approximate surface area is 140 Å². The number of carbonyl (C=O) groups excluding carboxylic acids is 1. The van der Waals surface area contributed by atoms with Crippen LogP contribution in [0.1, 0.15) is 29.8 Å². The van der Waals surface area contributed by atoms with Crippen molar-refractivity contribution in [1.29, 1.82) is 0 Å². The van der Waals surface area contributed by atoms with E-state index in [4.69, 9.17) is 4.74 Å². The lowest BCUT2D eigenvalue weighted by atomic mass is 10.0. The summed E-state index contributed by atoms with van der Waals surface area (Å²) in [6.07, 6.45) is -1.04. The van der Waals surface area contributed by atoms with Crippen LogP contribution in [0, 0.1) is 5.82 Å². The van der Waals surface area contributed by atoms with Gasteiger partial charge in [-0.1, -0.05) is 42.5 Å². The maximum atomic E-state index is 13.0. The Balaban J connectivity index is 1.61. The number of hydrogen-bond donors (Lipinski definition) is 1. The number of morpholine rings is 1. The van der Waals surface area contributed by atoms with E-state index in [0.717, 1.165) is 11.1 Å². The van der Waals surface area contributed by atoms with Gasteiger partial charge in [-0.2, -0.15) is 0 Å². The second kappa shape index (κ2) is 7.55. The fraction of sp³-hybridized carbons (Fsp3) is 0.316. The number of nitrogens with zero attached hydrogens (tertiary/aromatic N) is 1. The van der Waals surface area contributed by atoms with Gasteiger partial charge in [-0.25, -0.2) is 4.39 Å². The molecule has 0 aliphatic carbocycles. The van der Waals surface area contributed by atoms with Crippen LogP contribution in [-0.2, 0) is 9.53 Å². The van der Waals surface area contributed by atoms with Gasteiger partial charge in [-0.05, 0) is 23.3 Å². The molecule has 24 heavy (non-hydrogen) atoms. The predicted octanol–water partition coefficient (Wildman–Crippen LogP) is 2.85. The first-order chi connectivity index (χ1) is 11.6. The number of rotatable bonds is 4. The van der Waals surface area contributed by atoms with Crippen molar-refractivity contribution >= 4 is 5.91 Å². The Morgan fingerprint density at radius 1 is 1.21 bits per heavy atom. The van der Waals surface area contributed by atoms with E-state index in [9.17, 15) is 14.3 Å². The first-order valence-electron chi connectivity index (χ1n) is 8.01. The Bertz CT molecular complexity index is 675. The highest BCUT2D eigenvalue weighted by molar-refractivity contribution is 5.77. The van der Waals surface area contributed by atoms with Crippen molar-refractivity contribution in [3.63, 3.8) is 0 Å². The summed E-state index contributed by atoms with van der Waals surface area (Å²) in [5.41, 5.74) is 1.58. The van der Waals surface area contributed by atoms with Gasteiger partial charge in [0.1, 0.15) is 11.9 Å². The molecule has 1 aliphatic rings. The van der Waals surface area contributed by atoms with E-state index in [1.165, 1.54) is 12.1 Å². The molecule has 1 aliphatic heterocycles. The molecule has 1 amide bonds. The number of hydrogen-bond acceptors (Lipinski definition) is 3. The summed E-state index contributed by atoms with van der Waals surface area (Å²) in [6, 6.07) is 15.3. The zero-order chi connectivity index (χ0) is 16.9. The topological polar surface area (TPSA) is 49.8 Å². The highest BCUT2D eigenvalue weighted by Gasteiger charge is 2.26. The maximum Gasteiger partial charge on any atom is 0.225 e. The molecule has 1 N–H and O–H groups in total. The van der Waals surface area contributed by atoms with Crippen LogP contribution in [0.4, 0.5) is 4.39 Å². The van der Waals surface area contributed by atoms with Crippen LogP contribution < -0.4 is 0 Å². The van der Waals surface area contributed by atoms with E-state index in [-0.39, 0.29) is 24.2 Å². The van der Waals surface area contributed by atoms with Crippen molar-refractivity contribution in [2.75, 3.05) is 19.7 Å². The van der Waals surface area contributed by atoms with Gasteiger partial charge in [0.15, 0.2) is 0 Å². The van der Waals surface area contributed by atoms with Gasteiger partial charge in [-0.3, -0.25) is 4.79 Å². The molecule has 0 radical (unpaired) electrons. The average molecular weight is 329 g/mol. The Morgan fingerprint density at radius 2 is 1.92 bits per heavy atom. The Morgan fingerprint density at radius 3 is 2.62 bits per heavy atom. The summed E-state index contributed by atoms with van der Waals surface area (Å²) in [5.74, 6) is -0.407. The highest BCUT2D eigenvalue weighted by Crippen LogP contribution is 2.24. The lowest BCUT2D eigenvalue weighted by Crippen LogP contribution is -2.42. The van der Waals surface area contributed by atoms with Gasteiger partial charge >= 0.3 is 0 Å². The number of ether oxygens (including phenoxy) is 1. The first-order valence-corrected chi connectivity index (χ1v) is 8.01. The van der Waals surface area contributed by atoms with Gasteiger partial charge in [-0.15, -0.1) is 0 Å². The van der Waals surface area contributed by atoms with Crippen molar-refractivity contribution in [2.45, 2.75) is 18.6 Å². The van der Waals surface area contributed by atoms with Crippen LogP contribution in [0.5, 0.6) is 0 Å². The molecule has 5 heteroatoms. The second-order valence-electron chi connectivity index (χ2n) is 5.88. The van der Waals surface area contributed by atoms with Crippen LogP contribution in [0.15, 0.2) is 54.6 Å². The number of halogens is 1. The number of amides is 1. The quantitative estimate of drug-likeness (QED) is 0.938. The summed E-state index contributed by atoms with van der Waals surface area (Å²) >= 11 is 0. The van der Waals surface area contributed by atoms with Crippen LogP contribution in [0.25, 0.3) is 0 Å². The molecular weight excluding hydrogens is 309 g/mol. The van der Waals surface area contributed by atoms with Crippen molar-refractivity contribution in [3.05, 3.63) is 71.5 Å². The van der Waals surface area contributed by atoms with Crippen LogP contribution >= 0.6 is 0 Å². The molecule has 3 rings (SSSR count). The van der Waals surface area contributed by atoms with Crippen LogP contribution in [0.2, 0.25) is 0 Å². The standard InChI is InChI=1S/C19H20FNO3/c20-16-8-6-15(7-9-16)18-13-21(10-11-24-18)19(23)12-17(22)14-4-2-1-3-5-14/h1-9,17-18,22H,10-13H2. The van der Waals surface area contributed by atoms with Crippen molar-refractivity contribution in [3.8, 4) is 0 Å². The largest absolute Gasteiger partial charge is 0.388 e. The molecule has 0 bridgehead atoms. The summed E-state index contributed by atoms with van der Waals surface area (Å²) in [4.78, 5) is 14.2. The number of aliphatic hydroxyl groups excluding tert-OH is 1. The zero-order valence-electron chi connectivity index (χ0n) is 13.3. The van der Waals surface area contributed by atoms with Crippen molar-refractivity contribution in [2.24, 2.45) is 0 Å². The van der Waals surface area contributed by atoms with E-state index in [1.54, 1.807) is 29.2 Å². The van der Waals surface area contributed by atoms with Crippen LogP contribution in [0.3, 0.4) is 0 Å². The molecule has 1 fully saturated rings. The zero-order valence-corrected chi connectivity index (χ0v) is 13.3. The first kappa shape index (κ1) is 16.6. The lowest BCUT2D eigenvalue weighted by molar-refractivity contribution is -0.141. The SMILES string of the molecule is O=C(CC(O)c1ccccc1)N1CCOC(c2ccc(F)cc2)C1. The highest BCUT2D eigenvalue weighted by atomic mass is 19.1. The second-order valence-corrected chi connectivity index (χ2v) is 5.88. The van der Waals surface area contributed by atoms with E-state index in [2.05, 4.69) is 0 Å². The number of carbonyl (C=O) groups is 1. The molecule has 2 aromatic rings. The molecular formula is C19H20FNO3. The molecule has 0 spiro atoms. The normalized spacial score (nSPS) is 19.1. The molecule has 1 saturated heterocycles. The Kier molecular flexibility index (Phi) is 5.23. The summed E-state index contributed by atoms with van der Waals surface area (Å²) in [5, 5.41) is 10.2. The van der Waals surface area contributed by atoms with Crippen molar-refractivity contribution in [1.82, 2.24) is 4.90 Å². The molecule has 4 nitrogen and oxygen atoms in total. The van der Waals surface area contributed by atoms with E-state index in [1.807, 2.05) is 18.2 Å². The van der Waals surface area contributed by atoms with Crippen LogP contribution in [-0.4, -0.2) is 35.6 Å². The monoisotopic (exact) mass is 329 g/mol. The van der Waals surface area contributed by atoms with Gasteiger partial charge in [0, 0.05) is 6.54 Å². The molecule has 2 atom stereocenters. The molecule has 2 aromatic carbocycles. The fourth-order valence-electron chi connectivity index (χ4n) is 2.84. The Hall–Kier alpha value is -2.24. The molecule has 2 unspecified atom stereocenters. The molecule has 0 aromatic heterocycles. The average Bonchev–Trinajstić information content (AvgIpc) is 2.63. The van der Waals surface area contributed by atoms with Gasteiger partial charge in [0.2, 0.25) is 5.91 Å². The van der Waals surface area contributed by atoms with E-state index < -0.39 is 6.10 Å². The number of benzene rings is 2. The number of aliphatic hydroxyl groups is 1. The summed E-state index contributed by atoms with van der Waals surface area (Å²) in [7, 11) is 0. The molecule has 0 saturated carbocycles. The van der Waals surface area contributed by atoms with Gasteiger partial charge in [0.25, 0.3) is 0 Å². The van der Waals surface area contributed by atoms with E-state index in [0.29, 0.717) is 19.7 Å². The fourth-order valence-corrected chi connectivity index (χ4v) is 2.84. The lowest BCUT2D eigenvalue weighted by Gasteiger charge is -2.33. The van der Waals surface area contributed by atoms with Crippen molar-refractivity contribution < 1.29 is 19.0 Å². The third kappa shape index (κ3) is 3.99. The minimum atomic E-state index is -0.814. The van der Waals surface area contributed by atoms with Gasteiger partial charge in [0.05, 0.1) is 25.7 Å². The maximum absolute atomic E-state index is 13.0. The summed E-state index contributed by atoms with van der Waals surface area (Å²) in [6.45, 7) is 1.33. The molecule has 126 valence electrons. The smallest absolute Gasteiger partial charge is 0.225 e. The van der Waals surface area contributed by atoms with Gasteiger partial charge < -0.3 is 14.7 Å². The van der Waals surface area contributed by atoms with E-state index >= 15 is 0 Å². The minimum absolute atomic E-state index is 0.0418. The predicted molar refractivity (Wildman–Crippen MR) is 87.7 cm³/mol. The third-order valence-electron chi connectivity index (χ3n) is 4.21. The molecule has 1 heterocycles.